The molecule has 1 aliphatic carbocycles. The molecule has 4 aromatic rings. The van der Waals surface area contributed by atoms with Crippen LogP contribution in [0.2, 0.25) is 5.15 Å². The molecule has 11 nitrogen and oxygen atoms in total. The fourth-order valence-electron chi connectivity index (χ4n) is 4.85. The number of hydrogen-bond donors (Lipinski definition) is 1. The van der Waals surface area contributed by atoms with Gasteiger partial charge in [0.05, 0.1) is 4.90 Å². The molecule has 0 aliphatic heterocycles. The minimum atomic E-state index is -3.88. The van der Waals surface area contributed by atoms with Gasteiger partial charge < -0.3 is 9.64 Å². The average Bonchev–Trinajstić information content (AvgIpc) is 3.65. The fourth-order valence-corrected chi connectivity index (χ4v) is 6.52. The lowest BCUT2D eigenvalue weighted by Gasteiger charge is -2.17. The molecular formula is C30H35ClN6O5S. The van der Waals surface area contributed by atoms with Crippen LogP contribution in [0, 0.1) is 27.7 Å². The van der Waals surface area contributed by atoms with Gasteiger partial charge in [0.2, 0.25) is 15.3 Å². The standard InChI is InChI=1S/C16H22N4O3S.C14H13ClN2O2/c1-6-19(7-2)16(21)20-10-17-15(18-20)24(22,23)14-12(4)8-11(3)9-13(14)5;1-8-3-2-4-10(9-5-6-9)13(8)19-14-11(18)7-12(15)16-17-14/h8-10H,6-7H2,1-5H3;2-4,7,9H,5-6H2,1H3,(H,16,18). The SMILES string of the molecule is CCN(CC)C(=O)n1cnc(S(=O)(=O)c2c(C)cc(C)cc2C)n1.Cc1cccc(C2CC2)c1Oc1n[nH]c(Cl)cc1=O. The number of aryl methyl sites for hydroxylation is 4. The van der Waals surface area contributed by atoms with Crippen LogP contribution in [-0.2, 0) is 9.84 Å². The van der Waals surface area contributed by atoms with E-state index in [1.54, 1.807) is 26.0 Å². The summed E-state index contributed by atoms with van der Waals surface area (Å²) in [5, 5.41) is 10.1. The van der Waals surface area contributed by atoms with Gasteiger partial charge >= 0.3 is 6.03 Å². The molecule has 1 amide bonds. The van der Waals surface area contributed by atoms with Crippen molar-refractivity contribution in [2.45, 2.75) is 70.4 Å². The first-order valence-corrected chi connectivity index (χ1v) is 15.8. The third kappa shape index (κ3) is 7.14. The van der Waals surface area contributed by atoms with Crippen molar-refractivity contribution < 1.29 is 17.9 Å². The van der Waals surface area contributed by atoms with E-state index < -0.39 is 15.9 Å². The van der Waals surface area contributed by atoms with Crippen LogP contribution in [0.4, 0.5) is 4.79 Å². The lowest BCUT2D eigenvalue weighted by Crippen LogP contribution is -2.34. The number of H-pyrrole nitrogens is 1. The zero-order chi connectivity index (χ0) is 31.5. The smallest absolute Gasteiger partial charge is 0.346 e. The Bertz CT molecular complexity index is 1790. The Balaban J connectivity index is 0.000000202. The second-order valence-corrected chi connectivity index (χ2v) is 12.6. The number of amides is 1. The highest BCUT2D eigenvalue weighted by Crippen LogP contribution is 2.45. The van der Waals surface area contributed by atoms with Gasteiger partial charge in [-0.05, 0) is 82.6 Å². The molecule has 1 fully saturated rings. The number of benzene rings is 2. The molecule has 1 saturated carbocycles. The minimum absolute atomic E-state index is 0.0283. The van der Waals surface area contributed by atoms with Crippen molar-refractivity contribution >= 4 is 27.5 Å². The number of rotatable bonds is 7. The average molecular weight is 627 g/mol. The van der Waals surface area contributed by atoms with E-state index in [2.05, 4.69) is 20.3 Å². The third-order valence-electron chi connectivity index (χ3n) is 7.01. The zero-order valence-electron chi connectivity index (χ0n) is 25.0. The first-order valence-electron chi connectivity index (χ1n) is 13.9. The van der Waals surface area contributed by atoms with Gasteiger partial charge in [0.25, 0.3) is 11.0 Å². The molecule has 0 unspecified atom stereocenters. The zero-order valence-corrected chi connectivity index (χ0v) is 26.6. The normalized spacial score (nSPS) is 12.8. The first kappa shape index (κ1) is 31.9. The van der Waals surface area contributed by atoms with Crippen LogP contribution in [-0.4, -0.2) is 57.4 Å². The second-order valence-electron chi connectivity index (χ2n) is 10.4. The number of aromatic nitrogens is 5. The van der Waals surface area contributed by atoms with E-state index in [1.807, 2.05) is 45.9 Å². The Kier molecular flexibility index (Phi) is 9.71. The molecule has 5 rings (SSSR count). The second kappa shape index (κ2) is 13.1. The van der Waals surface area contributed by atoms with Crippen molar-refractivity contribution in [3.63, 3.8) is 0 Å². The quantitative estimate of drug-likeness (QED) is 0.274. The van der Waals surface area contributed by atoms with Crippen LogP contribution in [0.1, 0.15) is 60.4 Å². The van der Waals surface area contributed by atoms with E-state index >= 15 is 0 Å². The fraction of sp³-hybridized carbons (Fsp3) is 0.367. The molecule has 13 heteroatoms. The maximum Gasteiger partial charge on any atom is 0.346 e. The number of nitrogens with zero attached hydrogens (tertiary/aromatic N) is 5. The maximum absolute atomic E-state index is 12.9. The van der Waals surface area contributed by atoms with Crippen LogP contribution in [0.5, 0.6) is 11.6 Å². The van der Waals surface area contributed by atoms with Gasteiger partial charge in [-0.15, -0.1) is 10.2 Å². The summed E-state index contributed by atoms with van der Waals surface area (Å²) in [7, 11) is -3.88. The molecule has 2 heterocycles. The number of carbonyl (C=O) groups is 1. The summed E-state index contributed by atoms with van der Waals surface area (Å²) in [6.07, 6.45) is 3.49. The monoisotopic (exact) mass is 626 g/mol. The van der Waals surface area contributed by atoms with Gasteiger partial charge in [-0.3, -0.25) is 9.89 Å². The van der Waals surface area contributed by atoms with Crippen LogP contribution < -0.4 is 10.2 Å². The summed E-state index contributed by atoms with van der Waals surface area (Å²) in [5.74, 6) is 1.31. The molecule has 0 bridgehead atoms. The molecule has 2 aromatic carbocycles. The Morgan fingerprint density at radius 2 is 1.72 bits per heavy atom. The summed E-state index contributed by atoms with van der Waals surface area (Å²) in [5.41, 5.74) is 4.09. The van der Waals surface area contributed by atoms with E-state index in [0.29, 0.717) is 30.1 Å². The molecule has 1 aliphatic rings. The minimum Gasteiger partial charge on any atom is -0.434 e. The summed E-state index contributed by atoms with van der Waals surface area (Å²) in [6.45, 7) is 12.1. The van der Waals surface area contributed by atoms with E-state index in [9.17, 15) is 18.0 Å². The highest BCUT2D eigenvalue weighted by Gasteiger charge is 2.29. The van der Waals surface area contributed by atoms with Crippen LogP contribution in [0.15, 0.2) is 57.6 Å². The number of carbonyl (C=O) groups excluding carboxylic acids is 1. The highest BCUT2D eigenvalue weighted by atomic mass is 35.5. The first-order chi connectivity index (χ1) is 20.4. The number of aromatic amines is 1. The van der Waals surface area contributed by atoms with Gasteiger partial charge in [0.1, 0.15) is 17.2 Å². The van der Waals surface area contributed by atoms with Crippen LogP contribution in [0.3, 0.4) is 0 Å². The number of halogens is 1. The molecule has 0 atom stereocenters. The topological polar surface area (TPSA) is 140 Å². The number of ether oxygens (including phenoxy) is 1. The predicted molar refractivity (Wildman–Crippen MR) is 163 cm³/mol. The van der Waals surface area contributed by atoms with Gasteiger partial charge in [0.15, 0.2) is 0 Å². The summed E-state index contributed by atoms with van der Waals surface area (Å²) >= 11 is 5.67. The molecule has 1 N–H and O–H groups in total. The summed E-state index contributed by atoms with van der Waals surface area (Å²) in [4.78, 5) is 29.6. The van der Waals surface area contributed by atoms with E-state index in [-0.39, 0.29) is 26.5 Å². The maximum atomic E-state index is 12.9. The number of nitrogens with one attached hydrogen (secondary N) is 1. The highest BCUT2D eigenvalue weighted by molar-refractivity contribution is 7.91. The molecular weight excluding hydrogens is 592 g/mol. The number of para-hydroxylation sites is 1. The lowest BCUT2D eigenvalue weighted by atomic mass is 10.1. The van der Waals surface area contributed by atoms with Gasteiger partial charge in [0, 0.05) is 19.2 Å². The molecule has 0 radical (unpaired) electrons. The van der Waals surface area contributed by atoms with Crippen LogP contribution >= 0.6 is 11.6 Å². The molecule has 43 heavy (non-hydrogen) atoms. The van der Waals surface area contributed by atoms with Crippen LogP contribution in [0.25, 0.3) is 0 Å². The van der Waals surface area contributed by atoms with Crippen molar-refractivity contribution in [2.75, 3.05) is 13.1 Å². The Morgan fingerprint density at radius 3 is 2.30 bits per heavy atom. The summed E-state index contributed by atoms with van der Waals surface area (Å²) < 4.78 is 32.4. The summed E-state index contributed by atoms with van der Waals surface area (Å²) in [6, 6.07) is 10.5. The van der Waals surface area contributed by atoms with E-state index in [1.165, 1.54) is 23.8 Å². The van der Waals surface area contributed by atoms with Crippen molar-refractivity contribution in [2.24, 2.45) is 0 Å². The van der Waals surface area contributed by atoms with Crippen molar-refractivity contribution in [3.05, 3.63) is 85.9 Å². The van der Waals surface area contributed by atoms with E-state index in [0.717, 1.165) is 33.4 Å². The Hall–Kier alpha value is -4.03. The molecule has 0 saturated heterocycles. The van der Waals surface area contributed by atoms with Gasteiger partial charge in [-0.1, -0.05) is 47.5 Å². The molecule has 2 aromatic heterocycles. The Morgan fingerprint density at radius 1 is 1.07 bits per heavy atom. The lowest BCUT2D eigenvalue weighted by molar-refractivity contribution is 0.201. The largest absolute Gasteiger partial charge is 0.434 e. The third-order valence-corrected chi connectivity index (χ3v) is 9.05. The van der Waals surface area contributed by atoms with Gasteiger partial charge in [-0.25, -0.2) is 18.2 Å². The predicted octanol–water partition coefficient (Wildman–Crippen LogP) is 5.75. The number of hydrogen-bond acceptors (Lipinski definition) is 8. The van der Waals surface area contributed by atoms with E-state index in [4.69, 9.17) is 16.3 Å². The van der Waals surface area contributed by atoms with Crippen molar-refractivity contribution in [1.29, 1.82) is 0 Å². The molecule has 228 valence electrons. The number of sulfone groups is 1. The van der Waals surface area contributed by atoms with Crippen molar-refractivity contribution in [3.8, 4) is 11.6 Å². The van der Waals surface area contributed by atoms with Crippen molar-refractivity contribution in [1.82, 2.24) is 29.9 Å². The van der Waals surface area contributed by atoms with Gasteiger partial charge in [-0.2, -0.15) is 4.68 Å². The molecule has 0 spiro atoms. The Labute approximate surface area is 255 Å².